The molecule has 1 aromatic heterocycles. The first-order chi connectivity index (χ1) is 15.7. The zero-order valence-corrected chi connectivity index (χ0v) is 18.5. The maximum Gasteiger partial charge on any atom is 0.251 e. The summed E-state index contributed by atoms with van der Waals surface area (Å²) in [4.78, 5) is 17.2. The molecule has 7 nitrogen and oxygen atoms in total. The summed E-state index contributed by atoms with van der Waals surface area (Å²) in [6, 6.07) is 17.6. The minimum Gasteiger partial charge on any atom is -0.341 e. The molecule has 1 fully saturated rings. The molecule has 2 aromatic carbocycles. The first-order valence-electron chi connectivity index (χ1n) is 11.1. The van der Waals surface area contributed by atoms with Crippen LogP contribution >= 0.6 is 11.6 Å². The number of fused-ring (bicyclic) bond motifs is 1. The largest absolute Gasteiger partial charge is 0.341 e. The highest BCUT2D eigenvalue weighted by Crippen LogP contribution is 2.36. The Morgan fingerprint density at radius 3 is 2.41 bits per heavy atom. The molecule has 164 valence electrons. The average molecular weight is 449 g/mol. The minimum atomic E-state index is -0.170. The third-order valence-corrected chi connectivity index (χ3v) is 6.37. The molecule has 3 aromatic rings. The van der Waals surface area contributed by atoms with Crippen LogP contribution < -0.4 is 4.90 Å². The minimum absolute atomic E-state index is 0.0967. The molecule has 3 heterocycles. The van der Waals surface area contributed by atoms with Crippen LogP contribution in [-0.4, -0.2) is 50.6 Å². The second kappa shape index (κ2) is 9.12. The van der Waals surface area contributed by atoms with Gasteiger partial charge in [-0.15, -0.1) is 0 Å². The number of carbonyl (C=O) groups excluding carboxylic acids is 1. The lowest BCUT2D eigenvalue weighted by molar-refractivity contribution is -0.129. The number of rotatable bonds is 4. The number of amides is 1. The number of halogens is 1. The molecule has 1 atom stereocenters. The van der Waals surface area contributed by atoms with Gasteiger partial charge in [-0.1, -0.05) is 72.0 Å². The van der Waals surface area contributed by atoms with Crippen molar-refractivity contribution < 1.29 is 4.79 Å². The fraction of sp³-hybridized carbons (Fsp3) is 0.333. The van der Waals surface area contributed by atoms with Crippen LogP contribution in [-0.2, 0) is 4.79 Å². The number of likely N-dealkylation sites (tertiary alicyclic amines) is 1. The van der Waals surface area contributed by atoms with Crippen molar-refractivity contribution >= 4 is 29.2 Å². The van der Waals surface area contributed by atoms with Crippen LogP contribution in [0.5, 0.6) is 0 Å². The first kappa shape index (κ1) is 20.7. The Labute approximate surface area is 192 Å². The lowest BCUT2D eigenvalue weighted by Gasteiger charge is -2.34. The van der Waals surface area contributed by atoms with Crippen LogP contribution in [0, 0.1) is 0 Å². The number of carbonyl (C=O) groups is 1. The third kappa shape index (κ3) is 4.12. The summed E-state index contributed by atoms with van der Waals surface area (Å²) in [6.45, 7) is 1.81. The van der Waals surface area contributed by atoms with Crippen molar-refractivity contribution in [3.63, 3.8) is 0 Å². The summed E-state index contributed by atoms with van der Waals surface area (Å²) >= 11 is 6.15. The third-order valence-electron chi connectivity index (χ3n) is 6.12. The summed E-state index contributed by atoms with van der Waals surface area (Å²) in [5, 5.41) is 13.2. The van der Waals surface area contributed by atoms with Crippen molar-refractivity contribution in [1.29, 1.82) is 0 Å². The monoisotopic (exact) mass is 448 g/mol. The second-order valence-electron chi connectivity index (χ2n) is 8.22. The fourth-order valence-electron chi connectivity index (χ4n) is 4.44. The predicted octanol–water partition coefficient (Wildman–Crippen LogP) is 4.18. The highest BCUT2D eigenvalue weighted by molar-refractivity contribution is 6.30. The van der Waals surface area contributed by atoms with E-state index in [1.165, 1.54) is 12.8 Å². The van der Waals surface area contributed by atoms with Crippen molar-refractivity contribution in [3.8, 4) is 0 Å². The summed E-state index contributed by atoms with van der Waals surface area (Å²) in [5.41, 5.74) is 2.94. The Morgan fingerprint density at radius 2 is 1.69 bits per heavy atom. The van der Waals surface area contributed by atoms with Crippen LogP contribution in [0.2, 0.25) is 5.02 Å². The van der Waals surface area contributed by atoms with Gasteiger partial charge in [0.15, 0.2) is 0 Å². The molecular formula is C24H25ClN6O. The summed E-state index contributed by atoms with van der Waals surface area (Å²) in [5.74, 6) is 0.661. The number of hydrogen-bond donors (Lipinski definition) is 0. The van der Waals surface area contributed by atoms with Crippen LogP contribution in [0.3, 0.4) is 0 Å². The topological polar surface area (TPSA) is 67.2 Å². The number of benzene rings is 2. The number of tetrazole rings is 1. The van der Waals surface area contributed by atoms with Gasteiger partial charge in [0, 0.05) is 18.1 Å². The van der Waals surface area contributed by atoms with Crippen molar-refractivity contribution in [2.45, 2.75) is 31.7 Å². The van der Waals surface area contributed by atoms with E-state index < -0.39 is 0 Å². The van der Waals surface area contributed by atoms with Gasteiger partial charge < -0.3 is 4.90 Å². The maximum absolute atomic E-state index is 13.3. The summed E-state index contributed by atoms with van der Waals surface area (Å²) in [7, 11) is 0. The fourth-order valence-corrected chi connectivity index (χ4v) is 4.56. The van der Waals surface area contributed by atoms with Gasteiger partial charge in [0.2, 0.25) is 5.91 Å². The van der Waals surface area contributed by atoms with Gasteiger partial charge in [0.25, 0.3) is 5.95 Å². The Hall–Kier alpha value is -3.19. The van der Waals surface area contributed by atoms with Gasteiger partial charge in [0.1, 0.15) is 12.6 Å². The quantitative estimate of drug-likeness (QED) is 0.599. The normalized spacial score (nSPS) is 18.7. The molecule has 0 spiro atoms. The van der Waals surface area contributed by atoms with E-state index >= 15 is 0 Å². The van der Waals surface area contributed by atoms with E-state index in [0.717, 1.165) is 42.8 Å². The highest BCUT2D eigenvalue weighted by atomic mass is 35.5. The van der Waals surface area contributed by atoms with E-state index in [1.807, 2.05) is 52.3 Å². The molecular weight excluding hydrogens is 424 g/mol. The average Bonchev–Trinajstić information content (AvgIpc) is 3.15. The molecule has 0 bridgehead atoms. The Bertz CT molecular complexity index is 1100. The van der Waals surface area contributed by atoms with Crippen molar-refractivity contribution in [3.05, 3.63) is 76.8 Å². The second-order valence-corrected chi connectivity index (χ2v) is 8.66. The van der Waals surface area contributed by atoms with Crippen LogP contribution in [0.4, 0.5) is 5.95 Å². The van der Waals surface area contributed by atoms with E-state index in [4.69, 9.17) is 11.6 Å². The standard InChI is InChI=1S/C24H25ClN6O/c25-20-12-10-19(11-13-20)21-16-22(18-8-4-3-5-9-18)31-24(26-27-28-31)30(21)17-23(32)29-14-6-1-2-7-15-29/h3-5,8-13,16,22H,1-2,6-7,14-15,17H2. The first-order valence-corrected chi connectivity index (χ1v) is 11.4. The van der Waals surface area contributed by atoms with E-state index in [1.54, 1.807) is 4.68 Å². The van der Waals surface area contributed by atoms with Gasteiger partial charge in [-0.25, -0.2) is 0 Å². The van der Waals surface area contributed by atoms with Crippen molar-refractivity contribution in [2.75, 3.05) is 24.5 Å². The van der Waals surface area contributed by atoms with Gasteiger partial charge in [0.05, 0.1) is 5.70 Å². The van der Waals surface area contributed by atoms with E-state index in [9.17, 15) is 4.79 Å². The zero-order chi connectivity index (χ0) is 21.9. The molecule has 2 aliphatic heterocycles. The molecule has 32 heavy (non-hydrogen) atoms. The molecule has 0 N–H and O–H groups in total. The molecule has 2 aliphatic rings. The summed E-state index contributed by atoms with van der Waals surface area (Å²) < 4.78 is 1.78. The van der Waals surface area contributed by atoms with Crippen LogP contribution in [0.1, 0.15) is 42.9 Å². The lowest BCUT2D eigenvalue weighted by Crippen LogP contribution is -2.42. The van der Waals surface area contributed by atoms with Crippen LogP contribution in [0.25, 0.3) is 5.70 Å². The van der Waals surface area contributed by atoms with Gasteiger partial charge >= 0.3 is 0 Å². The molecule has 1 saturated heterocycles. The number of hydrogen-bond acceptors (Lipinski definition) is 5. The zero-order valence-electron chi connectivity index (χ0n) is 17.8. The molecule has 1 amide bonds. The Balaban J connectivity index is 1.54. The molecule has 8 heteroatoms. The molecule has 0 aliphatic carbocycles. The Kier molecular flexibility index (Phi) is 5.90. The summed E-state index contributed by atoms with van der Waals surface area (Å²) in [6.07, 6.45) is 6.59. The molecule has 0 radical (unpaired) electrons. The smallest absolute Gasteiger partial charge is 0.251 e. The van der Waals surface area contributed by atoms with E-state index in [0.29, 0.717) is 11.0 Å². The molecule has 5 rings (SSSR count). The number of allylic oxidation sites excluding steroid dienone is 1. The number of aromatic nitrogens is 4. The van der Waals surface area contributed by atoms with Gasteiger partial charge in [-0.2, -0.15) is 4.68 Å². The van der Waals surface area contributed by atoms with Crippen molar-refractivity contribution in [1.82, 2.24) is 25.1 Å². The maximum atomic E-state index is 13.3. The van der Waals surface area contributed by atoms with E-state index in [-0.39, 0.29) is 18.5 Å². The lowest BCUT2D eigenvalue weighted by atomic mass is 10.0. The van der Waals surface area contributed by atoms with Crippen LogP contribution in [0.15, 0.2) is 60.7 Å². The highest BCUT2D eigenvalue weighted by Gasteiger charge is 2.32. The van der Waals surface area contributed by atoms with E-state index in [2.05, 4.69) is 33.7 Å². The molecule has 1 unspecified atom stereocenters. The SMILES string of the molecule is O=C(CN1C(c2ccc(Cl)cc2)=CC(c2ccccc2)n2nnnc21)N1CCCCCC1. The van der Waals surface area contributed by atoms with Crippen molar-refractivity contribution in [2.24, 2.45) is 0 Å². The predicted molar refractivity (Wildman–Crippen MR) is 124 cm³/mol. The Morgan fingerprint density at radius 1 is 0.969 bits per heavy atom. The van der Waals surface area contributed by atoms with Gasteiger partial charge in [-0.3, -0.25) is 9.69 Å². The number of anilines is 1. The molecule has 0 saturated carbocycles. The van der Waals surface area contributed by atoms with Gasteiger partial charge in [-0.05, 0) is 52.6 Å². The number of nitrogens with zero attached hydrogens (tertiary/aromatic N) is 6.